The highest BCUT2D eigenvalue weighted by molar-refractivity contribution is 6.07. The first-order valence-electron chi connectivity index (χ1n) is 9.71. The van der Waals surface area contributed by atoms with Crippen molar-refractivity contribution < 1.29 is 28.3 Å². The number of hydrogen-bond donors (Lipinski definition) is 4. The van der Waals surface area contributed by atoms with E-state index in [0.717, 1.165) is 6.07 Å². The summed E-state index contributed by atoms with van der Waals surface area (Å²) in [5, 5.41) is 9.93. The SMILES string of the molecule is CC(C)(C)OC(=O)Nc1cc(NC(=O)C2CCC3(CC2)NC(=O)NC3=O)ccc1F. The molecule has 1 saturated carbocycles. The number of anilines is 2. The molecule has 1 aliphatic heterocycles. The lowest BCUT2D eigenvalue weighted by atomic mass is 9.76. The van der Waals surface area contributed by atoms with E-state index in [1.165, 1.54) is 12.1 Å². The molecule has 1 spiro atoms. The van der Waals surface area contributed by atoms with Gasteiger partial charge >= 0.3 is 12.1 Å². The van der Waals surface area contributed by atoms with Crippen molar-refractivity contribution in [3.8, 4) is 0 Å². The van der Waals surface area contributed by atoms with Crippen molar-refractivity contribution >= 4 is 35.3 Å². The maximum Gasteiger partial charge on any atom is 0.412 e. The number of urea groups is 1. The lowest BCUT2D eigenvalue weighted by Crippen LogP contribution is -2.50. The first-order valence-corrected chi connectivity index (χ1v) is 9.71. The van der Waals surface area contributed by atoms with Crippen LogP contribution in [0.25, 0.3) is 0 Å². The molecular weight excluding hydrogens is 395 g/mol. The smallest absolute Gasteiger partial charge is 0.412 e. The Bertz CT molecular complexity index is 888. The molecule has 2 fully saturated rings. The largest absolute Gasteiger partial charge is 0.444 e. The van der Waals surface area contributed by atoms with Crippen molar-refractivity contribution in [2.24, 2.45) is 5.92 Å². The van der Waals surface area contributed by atoms with Gasteiger partial charge in [0.2, 0.25) is 5.91 Å². The molecule has 5 amide bonds. The number of amides is 5. The monoisotopic (exact) mass is 420 g/mol. The van der Waals surface area contributed by atoms with Crippen LogP contribution in [0.2, 0.25) is 0 Å². The summed E-state index contributed by atoms with van der Waals surface area (Å²) >= 11 is 0. The van der Waals surface area contributed by atoms with Gasteiger partial charge in [-0.25, -0.2) is 14.0 Å². The molecule has 1 aromatic rings. The molecular formula is C20H25FN4O5. The van der Waals surface area contributed by atoms with Gasteiger partial charge in [0, 0.05) is 11.6 Å². The summed E-state index contributed by atoms with van der Waals surface area (Å²) in [6.45, 7) is 5.07. The molecule has 4 N–H and O–H groups in total. The van der Waals surface area contributed by atoms with E-state index in [-0.39, 0.29) is 23.4 Å². The zero-order chi connectivity index (χ0) is 22.1. The Morgan fingerprint density at radius 3 is 2.40 bits per heavy atom. The summed E-state index contributed by atoms with van der Waals surface area (Å²) in [5.74, 6) is -1.65. The van der Waals surface area contributed by atoms with Gasteiger partial charge < -0.3 is 15.4 Å². The van der Waals surface area contributed by atoms with Crippen molar-refractivity contribution in [1.82, 2.24) is 10.6 Å². The van der Waals surface area contributed by atoms with Gasteiger partial charge in [0.15, 0.2) is 0 Å². The minimum Gasteiger partial charge on any atom is -0.444 e. The van der Waals surface area contributed by atoms with Crippen molar-refractivity contribution in [1.29, 1.82) is 0 Å². The van der Waals surface area contributed by atoms with Crippen LogP contribution in [0.3, 0.4) is 0 Å². The first-order chi connectivity index (χ1) is 14.0. The first kappa shape index (κ1) is 21.5. The number of benzene rings is 1. The van der Waals surface area contributed by atoms with Crippen LogP contribution in [-0.2, 0) is 14.3 Å². The average molecular weight is 420 g/mol. The van der Waals surface area contributed by atoms with Gasteiger partial charge in [-0.2, -0.15) is 0 Å². The molecule has 10 heteroatoms. The molecule has 30 heavy (non-hydrogen) atoms. The molecule has 0 atom stereocenters. The minimum absolute atomic E-state index is 0.116. The number of carbonyl (C=O) groups excluding carboxylic acids is 4. The Balaban J connectivity index is 1.60. The fourth-order valence-corrected chi connectivity index (χ4v) is 3.61. The molecule has 0 unspecified atom stereocenters. The van der Waals surface area contributed by atoms with Crippen molar-refractivity contribution in [2.45, 2.75) is 57.6 Å². The number of ether oxygens (including phenoxy) is 1. The highest BCUT2D eigenvalue weighted by atomic mass is 19.1. The Morgan fingerprint density at radius 1 is 1.17 bits per heavy atom. The maximum atomic E-state index is 14.0. The van der Waals surface area contributed by atoms with Gasteiger partial charge in [0.1, 0.15) is 17.0 Å². The molecule has 1 aliphatic carbocycles. The predicted octanol–water partition coefficient (Wildman–Crippen LogP) is 2.88. The van der Waals surface area contributed by atoms with E-state index < -0.39 is 29.1 Å². The van der Waals surface area contributed by atoms with E-state index in [1.54, 1.807) is 20.8 Å². The van der Waals surface area contributed by atoms with E-state index in [2.05, 4.69) is 21.3 Å². The summed E-state index contributed by atoms with van der Waals surface area (Å²) < 4.78 is 19.1. The summed E-state index contributed by atoms with van der Waals surface area (Å²) in [6, 6.07) is 3.32. The average Bonchev–Trinajstić information content (AvgIpc) is 2.89. The molecule has 162 valence electrons. The van der Waals surface area contributed by atoms with E-state index in [1.807, 2.05) is 0 Å². The second-order valence-electron chi connectivity index (χ2n) is 8.58. The lowest BCUT2D eigenvalue weighted by molar-refractivity contribution is -0.128. The second kappa shape index (κ2) is 7.92. The van der Waals surface area contributed by atoms with Crippen LogP contribution < -0.4 is 21.3 Å². The van der Waals surface area contributed by atoms with Crippen molar-refractivity contribution in [3.05, 3.63) is 24.0 Å². The van der Waals surface area contributed by atoms with Crippen molar-refractivity contribution in [3.63, 3.8) is 0 Å². The molecule has 0 aromatic heterocycles. The molecule has 1 heterocycles. The Kier molecular flexibility index (Phi) is 5.69. The number of rotatable bonds is 3. The highest BCUT2D eigenvalue weighted by Crippen LogP contribution is 2.35. The Morgan fingerprint density at radius 2 is 1.83 bits per heavy atom. The van der Waals surface area contributed by atoms with Crippen LogP contribution in [-0.4, -0.2) is 35.1 Å². The standard InChI is InChI=1S/C20H25FN4O5/c1-19(2,3)30-18(29)23-14-10-12(4-5-13(14)21)22-15(26)11-6-8-20(9-7-11)16(27)24-17(28)25-20/h4-5,10-11H,6-9H2,1-3H3,(H,22,26)(H,23,29)(H2,24,25,27,28). The quantitative estimate of drug-likeness (QED) is 0.560. The second-order valence-corrected chi connectivity index (χ2v) is 8.58. The molecule has 0 bridgehead atoms. The molecule has 1 saturated heterocycles. The topological polar surface area (TPSA) is 126 Å². The number of carbonyl (C=O) groups is 4. The van der Waals surface area contributed by atoms with Gasteiger partial charge in [0.05, 0.1) is 5.69 Å². The maximum absolute atomic E-state index is 14.0. The molecule has 1 aromatic carbocycles. The summed E-state index contributed by atoms with van der Waals surface area (Å²) in [4.78, 5) is 47.9. The number of nitrogens with one attached hydrogen (secondary N) is 4. The zero-order valence-corrected chi connectivity index (χ0v) is 17.1. The molecule has 3 rings (SSSR count). The van der Waals surface area contributed by atoms with E-state index in [9.17, 15) is 23.6 Å². The summed E-state index contributed by atoms with van der Waals surface area (Å²) in [6.07, 6.45) is 0.752. The fourth-order valence-electron chi connectivity index (χ4n) is 3.61. The third-order valence-electron chi connectivity index (χ3n) is 5.09. The molecule has 0 radical (unpaired) electrons. The van der Waals surface area contributed by atoms with Gasteiger partial charge in [-0.1, -0.05) is 0 Å². The van der Waals surface area contributed by atoms with Gasteiger partial charge in [-0.3, -0.25) is 20.2 Å². The van der Waals surface area contributed by atoms with Crippen LogP contribution >= 0.6 is 0 Å². The highest BCUT2D eigenvalue weighted by Gasteiger charge is 2.48. The van der Waals surface area contributed by atoms with Gasteiger partial charge in [-0.05, 0) is 64.7 Å². The van der Waals surface area contributed by atoms with E-state index >= 15 is 0 Å². The minimum atomic E-state index is -0.936. The van der Waals surface area contributed by atoms with Crippen LogP contribution in [0, 0.1) is 11.7 Å². The van der Waals surface area contributed by atoms with Crippen LogP contribution in [0.1, 0.15) is 46.5 Å². The molecule has 9 nitrogen and oxygen atoms in total. The van der Waals surface area contributed by atoms with E-state index in [0.29, 0.717) is 31.4 Å². The van der Waals surface area contributed by atoms with Crippen LogP contribution in [0.4, 0.5) is 25.4 Å². The number of imide groups is 1. The Labute approximate surface area is 173 Å². The zero-order valence-electron chi connectivity index (χ0n) is 17.1. The number of halogens is 1. The fraction of sp³-hybridized carbons (Fsp3) is 0.500. The molecule has 2 aliphatic rings. The van der Waals surface area contributed by atoms with Gasteiger partial charge in [-0.15, -0.1) is 0 Å². The normalized spacial score (nSPS) is 23.5. The predicted molar refractivity (Wildman–Crippen MR) is 106 cm³/mol. The van der Waals surface area contributed by atoms with E-state index in [4.69, 9.17) is 4.74 Å². The third-order valence-corrected chi connectivity index (χ3v) is 5.09. The van der Waals surface area contributed by atoms with Gasteiger partial charge in [0.25, 0.3) is 5.91 Å². The number of hydrogen-bond acceptors (Lipinski definition) is 5. The summed E-state index contributed by atoms with van der Waals surface area (Å²) in [5.41, 5.74) is -1.47. The third kappa shape index (κ3) is 4.87. The lowest BCUT2D eigenvalue weighted by Gasteiger charge is -2.33. The van der Waals surface area contributed by atoms with Crippen LogP contribution in [0.15, 0.2) is 18.2 Å². The Hall–Kier alpha value is -3.17. The van der Waals surface area contributed by atoms with Crippen molar-refractivity contribution in [2.75, 3.05) is 10.6 Å². The summed E-state index contributed by atoms with van der Waals surface area (Å²) in [7, 11) is 0. The van der Waals surface area contributed by atoms with Crippen LogP contribution in [0.5, 0.6) is 0 Å².